The Bertz CT molecular complexity index is 1030. The highest BCUT2D eigenvalue weighted by Gasteiger charge is 2.21. The molecule has 1 heterocycles. The van der Waals surface area contributed by atoms with E-state index in [2.05, 4.69) is 14.9 Å². The molecule has 0 spiro atoms. The lowest BCUT2D eigenvalue weighted by molar-refractivity contribution is 0.376. The van der Waals surface area contributed by atoms with E-state index in [1.807, 2.05) is 31.2 Å². The summed E-state index contributed by atoms with van der Waals surface area (Å²) in [5, 5.41) is 3.91. The second kappa shape index (κ2) is 7.50. The summed E-state index contributed by atoms with van der Waals surface area (Å²) in [7, 11) is -2.20. The van der Waals surface area contributed by atoms with Gasteiger partial charge in [0.25, 0.3) is 0 Å². The first-order chi connectivity index (χ1) is 12.8. The van der Waals surface area contributed by atoms with Crippen molar-refractivity contribution in [3.63, 3.8) is 0 Å². The molecule has 3 aromatic rings. The maximum absolute atomic E-state index is 12.7. The highest BCUT2D eigenvalue weighted by atomic mass is 32.2. The van der Waals surface area contributed by atoms with Crippen molar-refractivity contribution in [2.75, 3.05) is 7.11 Å². The summed E-state index contributed by atoms with van der Waals surface area (Å²) in [4.78, 5) is 4.48. The van der Waals surface area contributed by atoms with Crippen molar-refractivity contribution < 1.29 is 17.7 Å². The van der Waals surface area contributed by atoms with Crippen LogP contribution < -0.4 is 9.46 Å². The largest absolute Gasteiger partial charge is 0.497 e. The van der Waals surface area contributed by atoms with Gasteiger partial charge < -0.3 is 9.26 Å². The molecule has 3 rings (SSSR count). The van der Waals surface area contributed by atoms with Crippen LogP contribution in [0.25, 0.3) is 11.4 Å². The van der Waals surface area contributed by atoms with Gasteiger partial charge in [-0.1, -0.05) is 35.0 Å². The number of hydrogen-bond donors (Lipinski definition) is 1. The highest BCUT2D eigenvalue weighted by Crippen LogP contribution is 2.25. The van der Waals surface area contributed by atoms with Crippen molar-refractivity contribution in [2.24, 2.45) is 0 Å². The predicted molar refractivity (Wildman–Crippen MR) is 101 cm³/mol. The average molecular weight is 387 g/mol. The summed E-state index contributed by atoms with van der Waals surface area (Å²) < 4.78 is 38.3. The van der Waals surface area contributed by atoms with Crippen LogP contribution in [-0.2, 0) is 16.6 Å². The minimum Gasteiger partial charge on any atom is -0.497 e. The number of aryl methyl sites for hydroxylation is 3. The molecule has 0 saturated carbocycles. The molecular formula is C19H21N3O4S. The number of hydrogen-bond acceptors (Lipinski definition) is 6. The van der Waals surface area contributed by atoms with Crippen LogP contribution in [0.4, 0.5) is 0 Å². The summed E-state index contributed by atoms with van der Waals surface area (Å²) >= 11 is 0. The Balaban J connectivity index is 1.78. The molecule has 2 aromatic carbocycles. The topological polar surface area (TPSA) is 94.3 Å². The van der Waals surface area contributed by atoms with Gasteiger partial charge in [-0.05, 0) is 44.0 Å². The van der Waals surface area contributed by atoms with E-state index in [9.17, 15) is 8.42 Å². The highest BCUT2D eigenvalue weighted by molar-refractivity contribution is 7.89. The number of rotatable bonds is 6. The molecule has 1 N–H and O–H groups in total. The van der Waals surface area contributed by atoms with Crippen molar-refractivity contribution in [2.45, 2.75) is 32.2 Å². The standard InChI is InChI=1S/C19H21N3O4S/c1-12-5-7-15(8-6-12)19-21-17(26-22-19)11-20-27(23,24)18-13(2)9-16(25-4)10-14(18)3/h5-10,20H,11H2,1-4H3. The van der Waals surface area contributed by atoms with Crippen LogP contribution >= 0.6 is 0 Å². The van der Waals surface area contributed by atoms with E-state index in [1.165, 1.54) is 0 Å². The van der Waals surface area contributed by atoms with Crippen LogP contribution in [0.5, 0.6) is 5.75 Å². The molecule has 7 nitrogen and oxygen atoms in total. The minimum absolute atomic E-state index is 0.0912. The lowest BCUT2D eigenvalue weighted by Gasteiger charge is -2.12. The van der Waals surface area contributed by atoms with Gasteiger partial charge in [-0.3, -0.25) is 0 Å². The first-order valence-electron chi connectivity index (χ1n) is 8.34. The zero-order valence-electron chi connectivity index (χ0n) is 15.6. The van der Waals surface area contributed by atoms with Gasteiger partial charge in [-0.2, -0.15) is 4.98 Å². The normalized spacial score (nSPS) is 11.6. The second-order valence-electron chi connectivity index (χ2n) is 6.29. The van der Waals surface area contributed by atoms with E-state index < -0.39 is 10.0 Å². The third kappa shape index (κ3) is 4.17. The fraction of sp³-hybridized carbons (Fsp3) is 0.263. The summed E-state index contributed by atoms with van der Waals surface area (Å²) in [5.74, 6) is 1.22. The van der Waals surface area contributed by atoms with E-state index in [4.69, 9.17) is 9.26 Å². The van der Waals surface area contributed by atoms with E-state index in [0.29, 0.717) is 22.7 Å². The Morgan fingerprint density at radius 2 is 1.70 bits per heavy atom. The number of sulfonamides is 1. The van der Waals surface area contributed by atoms with Crippen molar-refractivity contribution in [1.82, 2.24) is 14.9 Å². The molecule has 142 valence electrons. The lowest BCUT2D eigenvalue weighted by atomic mass is 10.1. The number of ether oxygens (including phenoxy) is 1. The SMILES string of the molecule is COc1cc(C)c(S(=O)(=O)NCc2nc(-c3ccc(C)cc3)no2)c(C)c1. The summed E-state index contributed by atoms with van der Waals surface area (Å²) in [6, 6.07) is 11.0. The number of aromatic nitrogens is 2. The third-order valence-corrected chi connectivity index (χ3v) is 5.84. The van der Waals surface area contributed by atoms with Gasteiger partial charge in [0, 0.05) is 5.56 Å². The molecule has 0 fully saturated rings. The smallest absolute Gasteiger partial charge is 0.242 e. The molecule has 0 amide bonds. The Labute approximate surface area is 158 Å². The van der Waals surface area contributed by atoms with Crippen LogP contribution in [0.15, 0.2) is 45.8 Å². The number of nitrogens with one attached hydrogen (secondary N) is 1. The average Bonchev–Trinajstić information content (AvgIpc) is 3.09. The zero-order valence-corrected chi connectivity index (χ0v) is 16.4. The van der Waals surface area contributed by atoms with Gasteiger partial charge in [0.1, 0.15) is 5.75 Å². The minimum atomic E-state index is -3.74. The maximum atomic E-state index is 12.7. The zero-order chi connectivity index (χ0) is 19.6. The van der Waals surface area contributed by atoms with Gasteiger partial charge in [-0.15, -0.1) is 0 Å². The van der Waals surface area contributed by atoms with Crippen LogP contribution in [0.1, 0.15) is 22.6 Å². The Hall–Kier alpha value is -2.71. The molecule has 0 aliphatic carbocycles. The van der Waals surface area contributed by atoms with Crippen LogP contribution in [0, 0.1) is 20.8 Å². The molecule has 0 aliphatic heterocycles. The Morgan fingerprint density at radius 3 is 2.30 bits per heavy atom. The van der Waals surface area contributed by atoms with Gasteiger partial charge in [0.15, 0.2) is 0 Å². The maximum Gasteiger partial charge on any atom is 0.242 e. The molecule has 0 atom stereocenters. The molecule has 0 aliphatic rings. The second-order valence-corrected chi connectivity index (χ2v) is 8.00. The van der Waals surface area contributed by atoms with Crippen LogP contribution in [-0.4, -0.2) is 25.7 Å². The van der Waals surface area contributed by atoms with Crippen molar-refractivity contribution in [3.8, 4) is 17.1 Å². The summed E-state index contributed by atoms with van der Waals surface area (Å²) in [6.07, 6.45) is 0. The monoisotopic (exact) mass is 387 g/mol. The van der Waals surface area contributed by atoms with Gasteiger partial charge in [0.2, 0.25) is 21.7 Å². The Morgan fingerprint density at radius 1 is 1.07 bits per heavy atom. The predicted octanol–water partition coefficient (Wildman–Crippen LogP) is 3.15. The molecule has 0 radical (unpaired) electrons. The number of benzene rings is 2. The molecule has 0 bridgehead atoms. The van der Waals surface area contributed by atoms with Gasteiger partial charge >= 0.3 is 0 Å². The number of methoxy groups -OCH3 is 1. The van der Waals surface area contributed by atoms with E-state index in [-0.39, 0.29) is 17.3 Å². The Kier molecular flexibility index (Phi) is 5.29. The summed E-state index contributed by atoms with van der Waals surface area (Å²) in [6.45, 7) is 5.36. The lowest BCUT2D eigenvalue weighted by Crippen LogP contribution is -2.25. The molecular weight excluding hydrogens is 366 g/mol. The van der Waals surface area contributed by atoms with E-state index in [1.54, 1.807) is 33.1 Å². The van der Waals surface area contributed by atoms with Crippen molar-refractivity contribution in [1.29, 1.82) is 0 Å². The molecule has 1 aromatic heterocycles. The van der Waals surface area contributed by atoms with Crippen LogP contribution in [0.2, 0.25) is 0 Å². The van der Waals surface area contributed by atoms with E-state index >= 15 is 0 Å². The quantitative estimate of drug-likeness (QED) is 0.698. The van der Waals surface area contributed by atoms with Gasteiger partial charge in [-0.25, -0.2) is 13.1 Å². The first kappa shape index (κ1) is 19.1. The molecule has 8 heteroatoms. The summed E-state index contributed by atoms with van der Waals surface area (Å²) in [5.41, 5.74) is 3.14. The molecule has 27 heavy (non-hydrogen) atoms. The fourth-order valence-corrected chi connectivity index (χ4v) is 4.25. The van der Waals surface area contributed by atoms with E-state index in [0.717, 1.165) is 11.1 Å². The van der Waals surface area contributed by atoms with Crippen molar-refractivity contribution >= 4 is 10.0 Å². The van der Waals surface area contributed by atoms with Crippen LogP contribution in [0.3, 0.4) is 0 Å². The van der Waals surface area contributed by atoms with Crippen molar-refractivity contribution in [3.05, 3.63) is 59.0 Å². The van der Waals surface area contributed by atoms with Gasteiger partial charge in [0.05, 0.1) is 18.6 Å². The third-order valence-electron chi connectivity index (χ3n) is 4.13. The molecule has 0 unspecified atom stereocenters. The fourth-order valence-electron chi connectivity index (χ4n) is 2.83. The number of nitrogens with zero attached hydrogens (tertiary/aromatic N) is 2. The first-order valence-corrected chi connectivity index (χ1v) is 9.83. The molecule has 0 saturated heterocycles.